The predicted octanol–water partition coefficient (Wildman–Crippen LogP) is 2.45. The summed E-state index contributed by atoms with van der Waals surface area (Å²) in [4.78, 5) is 0. The molecule has 2 N–H and O–H groups in total. The van der Waals surface area contributed by atoms with Gasteiger partial charge in [-0.2, -0.15) is 0 Å². The summed E-state index contributed by atoms with van der Waals surface area (Å²) in [6.07, 6.45) is 4.70. The molecule has 0 heterocycles. The summed E-state index contributed by atoms with van der Waals surface area (Å²) in [7, 11) is -0.791. The molecule has 0 saturated heterocycles. The zero-order valence-electron chi connectivity index (χ0n) is 9.06. The van der Waals surface area contributed by atoms with Gasteiger partial charge in [-0.15, -0.1) is 0 Å². The highest BCUT2D eigenvalue weighted by Crippen LogP contribution is 2.10. The van der Waals surface area contributed by atoms with E-state index in [0.29, 0.717) is 18.1 Å². The molecule has 2 nitrogen and oxygen atoms in total. The smallest absolute Gasteiger partial charge is 0.0418 e. The standard InChI is InChI=1S/C12H16ClNOS/c13-12-6-4-11(5-7-12)3-1-9-16(15)10-2-8-14/h1,3-7H,2,8-10,14H2/b3-1+. The molecule has 1 atom stereocenters. The Morgan fingerprint density at radius 2 is 2.00 bits per heavy atom. The van der Waals surface area contributed by atoms with E-state index < -0.39 is 10.8 Å². The number of nitrogens with two attached hydrogens (primary N) is 1. The highest BCUT2D eigenvalue weighted by molar-refractivity contribution is 7.85. The number of halogens is 1. The molecule has 0 saturated carbocycles. The summed E-state index contributed by atoms with van der Waals surface area (Å²) in [5.74, 6) is 1.27. The van der Waals surface area contributed by atoms with Crippen molar-refractivity contribution in [2.24, 2.45) is 5.73 Å². The van der Waals surface area contributed by atoms with Gasteiger partial charge < -0.3 is 5.73 Å². The summed E-state index contributed by atoms with van der Waals surface area (Å²) in [6.45, 7) is 0.604. The summed E-state index contributed by atoms with van der Waals surface area (Å²) >= 11 is 5.77. The van der Waals surface area contributed by atoms with E-state index in [1.54, 1.807) is 0 Å². The lowest BCUT2D eigenvalue weighted by molar-refractivity contribution is 0.682. The fourth-order valence-corrected chi connectivity index (χ4v) is 2.29. The first-order valence-electron chi connectivity index (χ1n) is 5.19. The van der Waals surface area contributed by atoms with Crippen LogP contribution in [0.5, 0.6) is 0 Å². The quantitative estimate of drug-likeness (QED) is 0.851. The van der Waals surface area contributed by atoms with Crippen LogP contribution < -0.4 is 5.73 Å². The molecule has 0 fully saturated rings. The molecule has 0 aromatic heterocycles. The van der Waals surface area contributed by atoms with Crippen LogP contribution >= 0.6 is 11.6 Å². The van der Waals surface area contributed by atoms with Gasteiger partial charge in [-0.3, -0.25) is 4.21 Å². The number of benzene rings is 1. The van der Waals surface area contributed by atoms with E-state index in [1.165, 1.54) is 0 Å². The van der Waals surface area contributed by atoms with Gasteiger partial charge in [0, 0.05) is 27.3 Å². The topological polar surface area (TPSA) is 43.1 Å². The molecule has 0 aliphatic heterocycles. The Balaban J connectivity index is 2.37. The molecule has 0 radical (unpaired) electrons. The van der Waals surface area contributed by atoms with E-state index in [9.17, 15) is 4.21 Å². The van der Waals surface area contributed by atoms with Crippen molar-refractivity contribution in [2.75, 3.05) is 18.1 Å². The van der Waals surface area contributed by atoms with Crippen molar-refractivity contribution >= 4 is 28.5 Å². The minimum atomic E-state index is -0.791. The maximum Gasteiger partial charge on any atom is 0.0418 e. The van der Waals surface area contributed by atoms with Crippen molar-refractivity contribution in [3.05, 3.63) is 40.9 Å². The molecule has 0 bridgehead atoms. The van der Waals surface area contributed by atoms with Crippen molar-refractivity contribution in [1.29, 1.82) is 0 Å². The monoisotopic (exact) mass is 257 g/mol. The predicted molar refractivity (Wildman–Crippen MR) is 72.0 cm³/mol. The summed E-state index contributed by atoms with van der Waals surface area (Å²) in [6, 6.07) is 7.54. The van der Waals surface area contributed by atoms with Gasteiger partial charge in [0.1, 0.15) is 0 Å². The third kappa shape index (κ3) is 5.45. The van der Waals surface area contributed by atoms with Crippen LogP contribution in [0.2, 0.25) is 5.02 Å². The average molecular weight is 258 g/mol. The summed E-state index contributed by atoms with van der Waals surface area (Å²) in [5, 5.41) is 0.726. The first-order chi connectivity index (χ1) is 7.72. The maximum absolute atomic E-state index is 11.4. The van der Waals surface area contributed by atoms with E-state index >= 15 is 0 Å². The second kappa shape index (κ2) is 7.60. The molecule has 16 heavy (non-hydrogen) atoms. The Bertz CT molecular complexity index is 362. The SMILES string of the molecule is NCCCS(=O)C/C=C/c1ccc(Cl)cc1. The number of hydrogen-bond acceptors (Lipinski definition) is 2. The number of hydrogen-bond donors (Lipinski definition) is 1. The lowest BCUT2D eigenvalue weighted by Gasteiger charge is -1.96. The van der Waals surface area contributed by atoms with Crippen LogP contribution in [0.3, 0.4) is 0 Å². The molecule has 1 aromatic carbocycles. The molecule has 88 valence electrons. The normalized spacial score (nSPS) is 13.1. The van der Waals surface area contributed by atoms with Gasteiger partial charge in [-0.25, -0.2) is 0 Å². The second-order valence-electron chi connectivity index (χ2n) is 3.41. The second-order valence-corrected chi connectivity index (χ2v) is 5.46. The molecule has 0 amide bonds. The van der Waals surface area contributed by atoms with Gasteiger partial charge in [0.2, 0.25) is 0 Å². The first-order valence-corrected chi connectivity index (χ1v) is 7.06. The Kier molecular flexibility index (Phi) is 6.38. The van der Waals surface area contributed by atoms with Gasteiger partial charge >= 0.3 is 0 Å². The molecule has 4 heteroatoms. The molecule has 1 rings (SSSR count). The molecular formula is C12H16ClNOS. The van der Waals surface area contributed by atoms with E-state index in [0.717, 1.165) is 17.0 Å². The first kappa shape index (κ1) is 13.4. The molecule has 1 unspecified atom stereocenters. The molecule has 0 spiro atoms. The van der Waals surface area contributed by atoms with E-state index in [-0.39, 0.29) is 0 Å². The van der Waals surface area contributed by atoms with Crippen molar-refractivity contribution in [3.63, 3.8) is 0 Å². The summed E-state index contributed by atoms with van der Waals surface area (Å²) in [5.41, 5.74) is 6.42. The lowest BCUT2D eigenvalue weighted by atomic mass is 10.2. The fourth-order valence-electron chi connectivity index (χ4n) is 1.19. The third-order valence-electron chi connectivity index (χ3n) is 2.04. The average Bonchev–Trinajstić information content (AvgIpc) is 2.29. The number of rotatable bonds is 6. The van der Waals surface area contributed by atoms with Gasteiger partial charge in [0.15, 0.2) is 0 Å². The maximum atomic E-state index is 11.4. The zero-order valence-corrected chi connectivity index (χ0v) is 10.6. The van der Waals surface area contributed by atoms with Gasteiger partial charge in [-0.05, 0) is 30.7 Å². The van der Waals surface area contributed by atoms with Crippen molar-refractivity contribution in [2.45, 2.75) is 6.42 Å². The Morgan fingerprint density at radius 3 is 2.62 bits per heavy atom. The van der Waals surface area contributed by atoms with Crippen LogP contribution in [0.1, 0.15) is 12.0 Å². The minimum absolute atomic E-state index is 0.586. The van der Waals surface area contributed by atoms with Gasteiger partial charge in [0.25, 0.3) is 0 Å². The van der Waals surface area contributed by atoms with Gasteiger partial charge in [-0.1, -0.05) is 35.9 Å². The largest absolute Gasteiger partial charge is 0.330 e. The molecule has 0 aliphatic rings. The fraction of sp³-hybridized carbons (Fsp3) is 0.333. The van der Waals surface area contributed by atoms with E-state index in [1.807, 2.05) is 36.4 Å². The molecular weight excluding hydrogens is 242 g/mol. The Hall–Kier alpha value is -0.640. The van der Waals surface area contributed by atoms with Crippen LogP contribution in [0.15, 0.2) is 30.3 Å². The zero-order chi connectivity index (χ0) is 11.8. The highest BCUT2D eigenvalue weighted by atomic mass is 35.5. The Labute approximate surface area is 104 Å². The van der Waals surface area contributed by atoms with Crippen LogP contribution in [0, 0.1) is 0 Å². The highest BCUT2D eigenvalue weighted by Gasteiger charge is 1.95. The van der Waals surface area contributed by atoms with Gasteiger partial charge in [0.05, 0.1) is 0 Å². The Morgan fingerprint density at radius 1 is 1.31 bits per heavy atom. The summed E-state index contributed by atoms with van der Waals surface area (Å²) < 4.78 is 11.4. The van der Waals surface area contributed by atoms with Crippen LogP contribution in [0.25, 0.3) is 6.08 Å². The third-order valence-corrected chi connectivity index (χ3v) is 3.60. The van der Waals surface area contributed by atoms with Crippen LogP contribution in [0.4, 0.5) is 0 Å². The van der Waals surface area contributed by atoms with E-state index in [4.69, 9.17) is 17.3 Å². The van der Waals surface area contributed by atoms with Crippen molar-refractivity contribution in [3.8, 4) is 0 Å². The van der Waals surface area contributed by atoms with Crippen molar-refractivity contribution in [1.82, 2.24) is 0 Å². The minimum Gasteiger partial charge on any atom is -0.330 e. The molecule has 1 aromatic rings. The van der Waals surface area contributed by atoms with Crippen LogP contribution in [-0.2, 0) is 10.8 Å². The van der Waals surface area contributed by atoms with Crippen molar-refractivity contribution < 1.29 is 4.21 Å². The molecule has 0 aliphatic carbocycles. The van der Waals surface area contributed by atoms with E-state index in [2.05, 4.69) is 0 Å². The lowest BCUT2D eigenvalue weighted by Crippen LogP contribution is -2.07. The van der Waals surface area contributed by atoms with Crippen LogP contribution in [-0.4, -0.2) is 22.3 Å².